The maximum absolute atomic E-state index is 11.4. The molecule has 2 heterocycles. The van der Waals surface area contributed by atoms with Gasteiger partial charge in [-0.05, 0) is 49.4 Å². The van der Waals surface area contributed by atoms with Crippen molar-refractivity contribution >= 4 is 11.6 Å². The molecule has 0 bridgehead atoms. The Kier molecular flexibility index (Phi) is 3.73. The van der Waals surface area contributed by atoms with Crippen LogP contribution in [0.4, 0.5) is 5.69 Å². The van der Waals surface area contributed by atoms with Gasteiger partial charge in [0.1, 0.15) is 5.92 Å². The van der Waals surface area contributed by atoms with Gasteiger partial charge in [-0.3, -0.25) is 4.79 Å². The molecular formula is C19H24N4O. The smallest absolute Gasteiger partial charge is 0.234 e. The Morgan fingerprint density at radius 1 is 1.50 bits per heavy atom. The Hall–Kier alpha value is -2.06. The number of anilines is 1. The number of nitriles is 1. The number of nitrogens with one attached hydrogen (secondary N) is 1. The van der Waals surface area contributed by atoms with Crippen molar-refractivity contribution < 1.29 is 4.79 Å². The summed E-state index contributed by atoms with van der Waals surface area (Å²) >= 11 is 0. The second kappa shape index (κ2) is 5.78. The molecule has 2 aliphatic heterocycles. The molecule has 5 atom stereocenters. The van der Waals surface area contributed by atoms with Gasteiger partial charge >= 0.3 is 0 Å². The summed E-state index contributed by atoms with van der Waals surface area (Å²) in [5.74, 6) is 0.298. The molecule has 1 amide bonds. The molecule has 3 unspecified atom stereocenters. The van der Waals surface area contributed by atoms with Gasteiger partial charge in [0.05, 0.1) is 6.07 Å². The number of carbonyl (C=O) groups is 1. The van der Waals surface area contributed by atoms with E-state index < -0.39 is 11.8 Å². The summed E-state index contributed by atoms with van der Waals surface area (Å²) in [4.78, 5) is 13.9. The second-order valence-electron chi connectivity index (χ2n) is 7.66. The van der Waals surface area contributed by atoms with Crippen LogP contribution in [0.2, 0.25) is 0 Å². The molecule has 5 nitrogen and oxygen atoms in total. The number of likely N-dealkylation sites (N-methyl/N-ethyl adjacent to an activating group) is 1. The van der Waals surface area contributed by atoms with Crippen LogP contribution in [-0.2, 0) is 4.79 Å². The van der Waals surface area contributed by atoms with Crippen molar-refractivity contribution in [2.24, 2.45) is 17.6 Å². The molecule has 1 fully saturated rings. The lowest BCUT2D eigenvalue weighted by molar-refractivity contribution is -0.120. The van der Waals surface area contributed by atoms with Crippen LogP contribution >= 0.6 is 0 Å². The molecule has 1 aliphatic carbocycles. The minimum absolute atomic E-state index is 0.343. The summed E-state index contributed by atoms with van der Waals surface area (Å²) in [6.07, 6.45) is 2.82. The van der Waals surface area contributed by atoms with Crippen molar-refractivity contribution in [3.63, 3.8) is 0 Å². The summed E-state index contributed by atoms with van der Waals surface area (Å²) < 4.78 is 0. The predicted molar refractivity (Wildman–Crippen MR) is 92.5 cm³/mol. The van der Waals surface area contributed by atoms with Crippen molar-refractivity contribution in [3.8, 4) is 6.07 Å². The fourth-order valence-electron chi connectivity index (χ4n) is 5.20. The number of primary amides is 1. The molecule has 5 heteroatoms. The second-order valence-corrected chi connectivity index (χ2v) is 7.66. The molecule has 0 spiro atoms. The van der Waals surface area contributed by atoms with Crippen LogP contribution in [0.15, 0.2) is 18.2 Å². The molecule has 3 N–H and O–H groups in total. The predicted octanol–water partition coefficient (Wildman–Crippen LogP) is 2.02. The van der Waals surface area contributed by atoms with Crippen LogP contribution in [-0.4, -0.2) is 37.0 Å². The van der Waals surface area contributed by atoms with E-state index in [1.807, 2.05) is 0 Å². The van der Waals surface area contributed by atoms with Gasteiger partial charge in [0.25, 0.3) is 0 Å². The summed E-state index contributed by atoms with van der Waals surface area (Å²) in [5.41, 5.74) is 9.66. The number of piperidine rings is 1. The zero-order valence-corrected chi connectivity index (χ0v) is 14.0. The van der Waals surface area contributed by atoms with Gasteiger partial charge in [-0.1, -0.05) is 12.1 Å². The molecule has 24 heavy (non-hydrogen) atoms. The number of hydrogen-bond donors (Lipinski definition) is 2. The lowest BCUT2D eigenvalue weighted by Crippen LogP contribution is -2.48. The maximum atomic E-state index is 11.4. The highest BCUT2D eigenvalue weighted by Crippen LogP contribution is 2.51. The molecular weight excluding hydrogens is 300 g/mol. The number of nitrogens with zero attached hydrogens (tertiary/aromatic N) is 2. The van der Waals surface area contributed by atoms with Gasteiger partial charge < -0.3 is 16.0 Å². The van der Waals surface area contributed by atoms with Crippen molar-refractivity contribution in [2.75, 3.05) is 25.5 Å². The van der Waals surface area contributed by atoms with Crippen molar-refractivity contribution in [2.45, 2.75) is 37.1 Å². The number of carbonyl (C=O) groups excluding carboxylic acids is 1. The van der Waals surface area contributed by atoms with E-state index in [4.69, 9.17) is 5.73 Å². The molecule has 0 saturated carbocycles. The zero-order valence-electron chi connectivity index (χ0n) is 14.0. The number of rotatable bonds is 3. The minimum atomic E-state index is -0.667. The monoisotopic (exact) mass is 324 g/mol. The fourth-order valence-corrected chi connectivity index (χ4v) is 5.20. The Labute approximate surface area is 142 Å². The zero-order chi connectivity index (χ0) is 16.8. The maximum Gasteiger partial charge on any atom is 0.234 e. The quantitative estimate of drug-likeness (QED) is 0.891. The van der Waals surface area contributed by atoms with Crippen molar-refractivity contribution in [1.29, 1.82) is 5.26 Å². The van der Waals surface area contributed by atoms with E-state index in [0.29, 0.717) is 30.2 Å². The normalized spacial score (nSPS) is 32.2. The summed E-state index contributed by atoms with van der Waals surface area (Å²) in [7, 11) is 2.19. The summed E-state index contributed by atoms with van der Waals surface area (Å²) in [5, 5.41) is 12.7. The highest BCUT2D eigenvalue weighted by Gasteiger charge is 2.44. The number of hydrogen-bond acceptors (Lipinski definition) is 4. The van der Waals surface area contributed by atoms with Gasteiger partial charge in [-0.15, -0.1) is 0 Å². The van der Waals surface area contributed by atoms with E-state index in [0.717, 1.165) is 19.5 Å². The Morgan fingerprint density at radius 2 is 2.33 bits per heavy atom. The summed E-state index contributed by atoms with van der Waals surface area (Å²) in [6, 6.07) is 9.25. The van der Waals surface area contributed by atoms with Gasteiger partial charge in [0.2, 0.25) is 5.91 Å². The number of amides is 1. The van der Waals surface area contributed by atoms with Crippen LogP contribution in [0.5, 0.6) is 0 Å². The molecule has 0 radical (unpaired) electrons. The lowest BCUT2D eigenvalue weighted by atomic mass is 9.67. The number of nitrogens with two attached hydrogens (primary N) is 1. The van der Waals surface area contributed by atoms with Crippen LogP contribution in [0.3, 0.4) is 0 Å². The lowest BCUT2D eigenvalue weighted by Gasteiger charge is -2.47. The van der Waals surface area contributed by atoms with E-state index in [1.54, 1.807) is 0 Å². The summed E-state index contributed by atoms with van der Waals surface area (Å²) in [6.45, 7) is 1.99. The number of likely N-dealkylation sites (tertiary alicyclic amines) is 1. The van der Waals surface area contributed by atoms with Crippen molar-refractivity contribution in [3.05, 3.63) is 29.3 Å². The number of fused-ring (bicyclic) bond motifs is 2. The minimum Gasteiger partial charge on any atom is -0.384 e. The molecule has 4 rings (SSSR count). The largest absolute Gasteiger partial charge is 0.384 e. The standard InChI is InChI=1S/C19H24N4O/c1-23-10-11(5-12(8-20)19(21)24)6-15-14-3-2-4-16-18(14)13(9-22-16)7-17(15)23/h2-4,11-13,15,17,22H,5-7,9-10H2,1H3,(H2,21,24)/t11-,12?,13?,15?,17-/m1/s1. The highest BCUT2D eigenvalue weighted by atomic mass is 16.1. The molecule has 0 aromatic heterocycles. The third kappa shape index (κ3) is 2.37. The first-order valence-electron chi connectivity index (χ1n) is 8.84. The SMILES string of the molecule is CN1C[C@H](CC(C#N)C(N)=O)CC2c3cccc4c3C(CN4)C[C@H]21. The van der Waals surface area contributed by atoms with Gasteiger partial charge in [-0.2, -0.15) is 5.26 Å². The van der Waals surface area contributed by atoms with Gasteiger partial charge in [0.15, 0.2) is 0 Å². The van der Waals surface area contributed by atoms with Crippen molar-refractivity contribution in [1.82, 2.24) is 4.90 Å². The highest BCUT2D eigenvalue weighted by molar-refractivity contribution is 5.79. The van der Waals surface area contributed by atoms with E-state index in [1.165, 1.54) is 23.2 Å². The van der Waals surface area contributed by atoms with E-state index >= 15 is 0 Å². The third-order valence-electron chi connectivity index (χ3n) is 6.24. The topological polar surface area (TPSA) is 82.2 Å². The first-order chi connectivity index (χ1) is 11.6. The van der Waals surface area contributed by atoms with Crippen LogP contribution in [0.1, 0.15) is 42.2 Å². The molecule has 1 aromatic carbocycles. The van der Waals surface area contributed by atoms with Crippen LogP contribution in [0.25, 0.3) is 0 Å². The average Bonchev–Trinajstić information content (AvgIpc) is 2.98. The number of benzene rings is 1. The third-order valence-corrected chi connectivity index (χ3v) is 6.24. The molecule has 3 aliphatic rings. The first kappa shape index (κ1) is 15.5. The van der Waals surface area contributed by atoms with Gasteiger partial charge in [0, 0.05) is 36.7 Å². The van der Waals surface area contributed by atoms with E-state index in [-0.39, 0.29) is 0 Å². The Balaban J connectivity index is 1.62. The van der Waals surface area contributed by atoms with Crippen LogP contribution < -0.4 is 11.1 Å². The molecule has 1 saturated heterocycles. The first-order valence-corrected chi connectivity index (χ1v) is 8.84. The van der Waals surface area contributed by atoms with Crippen LogP contribution in [0, 0.1) is 23.2 Å². The molecule has 1 aromatic rings. The van der Waals surface area contributed by atoms with Gasteiger partial charge in [-0.25, -0.2) is 0 Å². The Morgan fingerprint density at radius 3 is 3.08 bits per heavy atom. The van der Waals surface area contributed by atoms with E-state index in [2.05, 4.69) is 41.5 Å². The molecule has 126 valence electrons. The van der Waals surface area contributed by atoms with E-state index in [9.17, 15) is 10.1 Å². The average molecular weight is 324 g/mol. The fraction of sp³-hybridized carbons (Fsp3) is 0.579. The Bertz CT molecular complexity index is 710.